The Hall–Kier alpha value is -1.19. The molecule has 0 radical (unpaired) electrons. The number of aliphatic hydroxyl groups excluding tert-OH is 1. The Labute approximate surface area is 79.9 Å². The lowest BCUT2D eigenvalue weighted by molar-refractivity contribution is -0.108. The Morgan fingerprint density at radius 3 is 2.46 bits per heavy atom. The van der Waals surface area contributed by atoms with E-state index < -0.39 is 11.0 Å². The molecule has 0 unspecified atom stereocenters. The van der Waals surface area contributed by atoms with Gasteiger partial charge in [-0.05, 0) is 17.2 Å². The van der Waals surface area contributed by atoms with E-state index in [-0.39, 0.29) is 12.2 Å². The molecule has 0 aromatic heterocycles. The minimum Gasteiger partial charge on any atom is -0.392 e. The number of carbonyl (C=O) groups excluding carboxylic acids is 2. The van der Waals surface area contributed by atoms with Gasteiger partial charge in [-0.15, -0.1) is 0 Å². The predicted molar refractivity (Wildman–Crippen MR) is 47.6 cm³/mol. The first-order valence-electron chi connectivity index (χ1n) is 3.59. The van der Waals surface area contributed by atoms with Crippen LogP contribution in [0.5, 0.6) is 0 Å². The minimum atomic E-state index is -1.04. The van der Waals surface area contributed by atoms with E-state index in [0.717, 1.165) is 0 Å². The van der Waals surface area contributed by atoms with Gasteiger partial charge in [-0.25, -0.2) is 0 Å². The van der Waals surface area contributed by atoms with Gasteiger partial charge in [0, 0.05) is 5.56 Å². The molecule has 68 valence electrons. The maximum Gasteiger partial charge on any atom is 0.293 e. The summed E-state index contributed by atoms with van der Waals surface area (Å²) in [5.74, 6) is -0.786. The summed E-state index contributed by atoms with van der Waals surface area (Å²) in [6, 6.07) is 6.29. The van der Waals surface area contributed by atoms with Crippen molar-refractivity contribution in [3.63, 3.8) is 0 Å². The molecule has 1 aromatic rings. The Bertz CT molecular complexity index is 346. The van der Waals surface area contributed by atoms with Gasteiger partial charge in [0.25, 0.3) is 5.24 Å². The van der Waals surface area contributed by atoms with Crippen molar-refractivity contribution in [2.24, 2.45) is 0 Å². The molecular formula is C9H7ClO3. The number of benzene rings is 1. The molecule has 0 saturated carbocycles. The van der Waals surface area contributed by atoms with E-state index in [1.807, 2.05) is 0 Å². The van der Waals surface area contributed by atoms with Gasteiger partial charge in [-0.2, -0.15) is 0 Å². The average molecular weight is 199 g/mol. The number of ketones is 1. The lowest BCUT2D eigenvalue weighted by Gasteiger charge is -2.01. The average Bonchev–Trinajstić information content (AvgIpc) is 2.16. The van der Waals surface area contributed by atoms with Crippen molar-refractivity contribution in [2.45, 2.75) is 6.61 Å². The molecule has 0 spiro atoms. The highest BCUT2D eigenvalue weighted by molar-refractivity contribution is 6.83. The van der Waals surface area contributed by atoms with Crippen LogP contribution in [-0.2, 0) is 11.4 Å². The normalized spacial score (nSPS) is 9.69. The molecule has 1 aromatic carbocycles. The lowest BCUT2D eigenvalue weighted by Crippen LogP contribution is -2.10. The van der Waals surface area contributed by atoms with Crippen molar-refractivity contribution in [3.05, 3.63) is 35.4 Å². The molecular weight excluding hydrogens is 192 g/mol. The van der Waals surface area contributed by atoms with Gasteiger partial charge in [0.2, 0.25) is 5.78 Å². The fourth-order valence-corrected chi connectivity index (χ4v) is 1.09. The molecule has 1 rings (SSSR count). The molecule has 0 amide bonds. The smallest absolute Gasteiger partial charge is 0.293 e. The van der Waals surface area contributed by atoms with E-state index in [2.05, 4.69) is 0 Å². The van der Waals surface area contributed by atoms with Gasteiger partial charge >= 0.3 is 0 Å². The van der Waals surface area contributed by atoms with Crippen LogP contribution in [-0.4, -0.2) is 16.1 Å². The van der Waals surface area contributed by atoms with Gasteiger partial charge in [-0.1, -0.05) is 24.3 Å². The van der Waals surface area contributed by atoms with Gasteiger partial charge in [0.15, 0.2) is 0 Å². The monoisotopic (exact) mass is 198 g/mol. The number of hydrogen-bond donors (Lipinski definition) is 1. The zero-order valence-corrected chi connectivity index (χ0v) is 7.41. The van der Waals surface area contributed by atoms with Gasteiger partial charge in [-0.3, -0.25) is 9.59 Å². The van der Waals surface area contributed by atoms with Crippen molar-refractivity contribution in [2.75, 3.05) is 0 Å². The third-order valence-corrected chi connectivity index (χ3v) is 1.78. The van der Waals surface area contributed by atoms with Crippen molar-refractivity contribution in [3.8, 4) is 0 Å². The fourth-order valence-electron chi connectivity index (χ4n) is 0.986. The van der Waals surface area contributed by atoms with Gasteiger partial charge in [0.1, 0.15) is 0 Å². The molecule has 0 aliphatic carbocycles. The highest BCUT2D eigenvalue weighted by atomic mass is 35.5. The van der Waals surface area contributed by atoms with Crippen LogP contribution in [0.4, 0.5) is 0 Å². The van der Waals surface area contributed by atoms with Crippen LogP contribution in [0.1, 0.15) is 15.9 Å². The molecule has 3 nitrogen and oxygen atoms in total. The Morgan fingerprint density at radius 1 is 1.31 bits per heavy atom. The second kappa shape index (κ2) is 4.16. The maximum atomic E-state index is 11.1. The van der Waals surface area contributed by atoms with E-state index in [9.17, 15) is 9.59 Å². The zero-order valence-electron chi connectivity index (χ0n) is 6.66. The Kier molecular flexibility index (Phi) is 3.17. The predicted octanol–water partition coefficient (Wildman–Crippen LogP) is 1.13. The number of rotatable bonds is 3. The number of carbonyl (C=O) groups is 2. The standard InChI is InChI=1S/C9H7ClO3/c10-9(13)8(12)7-4-2-1-3-6(7)5-11/h1-4,11H,5H2. The number of hydrogen-bond acceptors (Lipinski definition) is 3. The molecule has 0 fully saturated rings. The summed E-state index contributed by atoms with van der Waals surface area (Å²) in [7, 11) is 0. The van der Waals surface area contributed by atoms with Crippen LogP contribution in [0, 0.1) is 0 Å². The summed E-state index contributed by atoms with van der Waals surface area (Å²) in [6.07, 6.45) is 0. The highest BCUT2D eigenvalue weighted by Crippen LogP contribution is 2.10. The molecule has 0 saturated heterocycles. The fraction of sp³-hybridized carbons (Fsp3) is 0.111. The van der Waals surface area contributed by atoms with E-state index in [0.29, 0.717) is 5.56 Å². The largest absolute Gasteiger partial charge is 0.392 e. The first-order chi connectivity index (χ1) is 6.16. The van der Waals surface area contributed by atoms with Crippen molar-refractivity contribution >= 4 is 22.6 Å². The number of halogens is 1. The summed E-state index contributed by atoms with van der Waals surface area (Å²) >= 11 is 5.02. The van der Waals surface area contributed by atoms with Crippen molar-refractivity contribution < 1.29 is 14.7 Å². The van der Waals surface area contributed by atoms with E-state index in [4.69, 9.17) is 16.7 Å². The first-order valence-corrected chi connectivity index (χ1v) is 3.97. The van der Waals surface area contributed by atoms with Gasteiger partial charge in [0.05, 0.1) is 6.61 Å². The molecule has 13 heavy (non-hydrogen) atoms. The van der Waals surface area contributed by atoms with Crippen LogP contribution >= 0.6 is 11.6 Å². The Morgan fingerprint density at radius 2 is 1.92 bits per heavy atom. The summed E-state index contributed by atoms with van der Waals surface area (Å²) in [5, 5.41) is 7.80. The molecule has 0 aliphatic heterocycles. The van der Waals surface area contributed by atoms with Crippen LogP contribution in [0.15, 0.2) is 24.3 Å². The number of Topliss-reactive ketones (excluding diaryl/α,β-unsaturated/α-hetero) is 1. The molecule has 4 heteroatoms. The van der Waals surface area contributed by atoms with Crippen LogP contribution in [0.25, 0.3) is 0 Å². The molecule has 0 heterocycles. The second-order valence-electron chi connectivity index (χ2n) is 2.42. The molecule has 1 N–H and O–H groups in total. The van der Waals surface area contributed by atoms with Crippen LogP contribution < -0.4 is 0 Å². The topological polar surface area (TPSA) is 54.4 Å². The Balaban J connectivity index is 3.13. The molecule has 0 atom stereocenters. The highest BCUT2D eigenvalue weighted by Gasteiger charge is 2.15. The zero-order chi connectivity index (χ0) is 9.84. The third-order valence-electron chi connectivity index (χ3n) is 1.61. The van der Waals surface area contributed by atoms with Gasteiger partial charge < -0.3 is 5.11 Å². The van der Waals surface area contributed by atoms with E-state index in [1.54, 1.807) is 18.2 Å². The van der Waals surface area contributed by atoms with E-state index in [1.165, 1.54) is 6.07 Å². The summed E-state index contributed by atoms with van der Waals surface area (Å²) in [4.78, 5) is 21.7. The summed E-state index contributed by atoms with van der Waals surface area (Å²) in [5.41, 5.74) is 0.562. The van der Waals surface area contributed by atoms with Crippen LogP contribution in [0.2, 0.25) is 0 Å². The van der Waals surface area contributed by atoms with Crippen molar-refractivity contribution in [1.82, 2.24) is 0 Å². The lowest BCUT2D eigenvalue weighted by atomic mass is 10.1. The maximum absolute atomic E-state index is 11.1. The SMILES string of the molecule is O=C(Cl)C(=O)c1ccccc1CO. The first kappa shape index (κ1) is 9.89. The van der Waals surface area contributed by atoms with Crippen molar-refractivity contribution in [1.29, 1.82) is 0 Å². The van der Waals surface area contributed by atoms with Crippen LogP contribution in [0.3, 0.4) is 0 Å². The van der Waals surface area contributed by atoms with E-state index >= 15 is 0 Å². The third kappa shape index (κ3) is 2.14. The second-order valence-corrected chi connectivity index (χ2v) is 2.76. The molecule has 0 bridgehead atoms. The molecule has 0 aliphatic rings. The minimum absolute atomic E-state index is 0.157. The summed E-state index contributed by atoms with van der Waals surface area (Å²) < 4.78 is 0. The summed E-state index contributed by atoms with van der Waals surface area (Å²) in [6.45, 7) is -0.286. The quantitative estimate of drug-likeness (QED) is 0.450. The number of aliphatic hydroxyl groups is 1.